The van der Waals surface area contributed by atoms with Crippen LogP contribution in [0.4, 0.5) is 14.5 Å². The summed E-state index contributed by atoms with van der Waals surface area (Å²) in [6.07, 6.45) is -1.67. The van der Waals surface area contributed by atoms with Crippen molar-refractivity contribution in [2.24, 2.45) is 4.99 Å². The molecule has 38 heavy (non-hydrogen) atoms. The van der Waals surface area contributed by atoms with Gasteiger partial charge in [0.15, 0.2) is 0 Å². The van der Waals surface area contributed by atoms with E-state index >= 15 is 0 Å². The van der Waals surface area contributed by atoms with Crippen LogP contribution in [0.25, 0.3) is 11.3 Å². The molecule has 3 heterocycles. The number of anilines is 1. The number of ether oxygens (including phenoxy) is 1. The highest BCUT2D eigenvalue weighted by Crippen LogP contribution is 2.36. The van der Waals surface area contributed by atoms with Gasteiger partial charge in [0, 0.05) is 16.7 Å². The topological polar surface area (TPSA) is 97.6 Å². The van der Waals surface area contributed by atoms with Gasteiger partial charge in [0.1, 0.15) is 29.0 Å². The molecule has 8 nitrogen and oxygen atoms in total. The third-order valence-electron chi connectivity index (χ3n) is 6.34. The lowest BCUT2D eigenvalue weighted by atomic mass is 10.0. The molecule has 190 valence electrons. The van der Waals surface area contributed by atoms with Crippen molar-refractivity contribution in [1.82, 2.24) is 15.1 Å². The number of benzene rings is 3. The van der Waals surface area contributed by atoms with E-state index in [1.54, 1.807) is 36.4 Å². The van der Waals surface area contributed by atoms with Crippen LogP contribution in [0.2, 0.25) is 0 Å². The highest BCUT2D eigenvalue weighted by molar-refractivity contribution is 6.20. The molecule has 2 amide bonds. The number of rotatable bonds is 4. The molecule has 0 fully saturated rings. The lowest BCUT2D eigenvalue weighted by Gasteiger charge is -2.14. The molecule has 1 unspecified atom stereocenters. The number of hydrogen-bond donors (Lipinski definition) is 2. The third kappa shape index (κ3) is 4.00. The van der Waals surface area contributed by atoms with E-state index in [-0.39, 0.29) is 34.5 Å². The van der Waals surface area contributed by atoms with Gasteiger partial charge < -0.3 is 15.4 Å². The van der Waals surface area contributed by atoms with Crippen LogP contribution in [0.3, 0.4) is 0 Å². The van der Waals surface area contributed by atoms with Crippen LogP contribution in [0, 0.1) is 11.6 Å². The van der Waals surface area contributed by atoms with E-state index in [9.17, 15) is 18.4 Å². The summed E-state index contributed by atoms with van der Waals surface area (Å²) in [7, 11) is 0. The van der Waals surface area contributed by atoms with E-state index in [1.165, 1.54) is 35.0 Å². The van der Waals surface area contributed by atoms with Crippen molar-refractivity contribution in [3.8, 4) is 17.1 Å². The standard InChI is InChI=1S/C28H21F2N5O3/c1-15-14-35-28(38-15)21(24(34-35)17-10-5-6-12-19(17)29)26(36)33-25-27(37)32-23-18(11-7-13-20(23)30)22(31-25)16-8-3-2-4-9-16/h2-13,15,25H,14H2,1H3,(H,32,37)(H,33,36)/t15?,25-/m1/s1. The van der Waals surface area contributed by atoms with Gasteiger partial charge in [-0.2, -0.15) is 5.10 Å². The van der Waals surface area contributed by atoms with Crippen molar-refractivity contribution in [1.29, 1.82) is 0 Å². The van der Waals surface area contributed by atoms with Gasteiger partial charge in [-0.25, -0.2) is 18.5 Å². The van der Waals surface area contributed by atoms with Crippen LogP contribution in [-0.2, 0) is 11.3 Å². The molecule has 2 N–H and O–H groups in total. The largest absolute Gasteiger partial charge is 0.472 e. The molecule has 0 bridgehead atoms. The third-order valence-corrected chi connectivity index (χ3v) is 6.34. The molecule has 0 radical (unpaired) electrons. The molecule has 0 saturated carbocycles. The molecular weight excluding hydrogens is 492 g/mol. The van der Waals surface area contributed by atoms with Gasteiger partial charge in [-0.15, -0.1) is 0 Å². The van der Waals surface area contributed by atoms with Crippen LogP contribution in [0.15, 0.2) is 77.8 Å². The molecule has 0 spiro atoms. The zero-order valence-electron chi connectivity index (χ0n) is 20.1. The summed E-state index contributed by atoms with van der Waals surface area (Å²) in [5.74, 6) is -2.49. The normalized spacial score (nSPS) is 18.0. The fraction of sp³-hybridized carbons (Fsp3) is 0.143. The monoisotopic (exact) mass is 513 g/mol. The van der Waals surface area contributed by atoms with Gasteiger partial charge in [0.25, 0.3) is 11.8 Å². The summed E-state index contributed by atoms with van der Waals surface area (Å²) >= 11 is 0. The van der Waals surface area contributed by atoms with Crippen molar-refractivity contribution in [2.75, 3.05) is 5.32 Å². The second-order valence-corrected chi connectivity index (χ2v) is 8.99. The van der Waals surface area contributed by atoms with Gasteiger partial charge in [-0.05, 0) is 25.1 Å². The van der Waals surface area contributed by atoms with E-state index in [0.717, 1.165) is 0 Å². The quantitative estimate of drug-likeness (QED) is 0.428. The SMILES string of the molecule is CC1Cn2nc(-c3ccccc3F)c(C(=O)N[C@H]3N=C(c4ccccc4)c4cccc(F)c4NC3=O)c2O1. The number of aromatic nitrogens is 2. The number of carbonyl (C=O) groups excluding carboxylic acids is 2. The molecular formula is C28H21F2N5O3. The Labute approximate surface area is 216 Å². The molecule has 1 aromatic heterocycles. The number of fused-ring (bicyclic) bond motifs is 2. The van der Waals surface area contributed by atoms with E-state index in [1.807, 2.05) is 13.0 Å². The second-order valence-electron chi connectivity index (χ2n) is 8.99. The fourth-order valence-corrected chi connectivity index (χ4v) is 4.63. The minimum Gasteiger partial charge on any atom is -0.472 e. The molecule has 0 saturated heterocycles. The van der Waals surface area contributed by atoms with Crippen molar-refractivity contribution in [3.05, 3.63) is 101 Å². The molecule has 0 aliphatic carbocycles. The van der Waals surface area contributed by atoms with Crippen LogP contribution in [0.1, 0.15) is 28.4 Å². The maximum absolute atomic E-state index is 14.8. The Balaban J connectivity index is 1.43. The Kier molecular flexibility index (Phi) is 5.71. The smallest absolute Gasteiger partial charge is 0.269 e. The fourth-order valence-electron chi connectivity index (χ4n) is 4.63. The number of aliphatic imine (C=N–C) groups is 1. The maximum Gasteiger partial charge on any atom is 0.269 e. The van der Waals surface area contributed by atoms with Crippen molar-refractivity contribution in [2.45, 2.75) is 25.7 Å². The first-order valence-corrected chi connectivity index (χ1v) is 12.0. The number of amides is 2. The predicted octanol–water partition coefficient (Wildman–Crippen LogP) is 4.15. The lowest BCUT2D eigenvalue weighted by molar-refractivity contribution is -0.117. The molecule has 2 aliphatic rings. The van der Waals surface area contributed by atoms with E-state index in [2.05, 4.69) is 20.7 Å². The molecule has 6 rings (SSSR count). The van der Waals surface area contributed by atoms with Crippen LogP contribution in [0.5, 0.6) is 5.88 Å². The Bertz CT molecular complexity index is 1620. The highest BCUT2D eigenvalue weighted by Gasteiger charge is 2.35. The van der Waals surface area contributed by atoms with E-state index in [4.69, 9.17) is 4.74 Å². The number of benzodiazepines with no additional fused rings is 1. The summed E-state index contributed by atoms with van der Waals surface area (Å²) in [5, 5.41) is 9.61. The molecule has 10 heteroatoms. The number of hydrogen-bond acceptors (Lipinski definition) is 5. The van der Waals surface area contributed by atoms with Crippen molar-refractivity contribution >= 4 is 23.2 Å². The average molecular weight is 514 g/mol. The molecule has 2 aliphatic heterocycles. The number of nitrogens with zero attached hydrogens (tertiary/aromatic N) is 3. The number of para-hydroxylation sites is 1. The van der Waals surface area contributed by atoms with Gasteiger partial charge in [-0.1, -0.05) is 54.6 Å². The van der Waals surface area contributed by atoms with Crippen molar-refractivity contribution < 1.29 is 23.1 Å². The molecule has 2 atom stereocenters. The van der Waals surface area contributed by atoms with Gasteiger partial charge in [0.05, 0.1) is 17.9 Å². The summed E-state index contributed by atoms with van der Waals surface area (Å²) in [6, 6.07) is 19.3. The molecule has 4 aromatic rings. The van der Waals surface area contributed by atoms with E-state index < -0.39 is 29.6 Å². The number of halogens is 2. The number of carbonyl (C=O) groups is 2. The van der Waals surface area contributed by atoms with Gasteiger partial charge in [0.2, 0.25) is 12.0 Å². The first-order chi connectivity index (χ1) is 18.4. The maximum atomic E-state index is 14.8. The zero-order valence-corrected chi connectivity index (χ0v) is 20.1. The number of nitrogens with one attached hydrogen (secondary N) is 2. The average Bonchev–Trinajstić information content (AvgIpc) is 3.39. The summed E-state index contributed by atoms with van der Waals surface area (Å²) in [4.78, 5) is 31.4. The van der Waals surface area contributed by atoms with Gasteiger partial charge in [-0.3, -0.25) is 9.59 Å². The predicted molar refractivity (Wildman–Crippen MR) is 136 cm³/mol. The summed E-state index contributed by atoms with van der Waals surface area (Å²) in [6.45, 7) is 2.19. The van der Waals surface area contributed by atoms with Crippen LogP contribution >= 0.6 is 0 Å². The first kappa shape index (κ1) is 23.5. The first-order valence-electron chi connectivity index (χ1n) is 12.0. The molecule has 3 aromatic carbocycles. The summed E-state index contributed by atoms with van der Waals surface area (Å²) < 4.78 is 36.8. The minimum absolute atomic E-state index is 0.0170. The van der Waals surface area contributed by atoms with Crippen molar-refractivity contribution in [3.63, 3.8) is 0 Å². The van der Waals surface area contributed by atoms with Crippen LogP contribution in [-0.4, -0.2) is 39.6 Å². The van der Waals surface area contributed by atoms with Crippen LogP contribution < -0.4 is 15.4 Å². The second kappa shape index (κ2) is 9.22. The minimum atomic E-state index is -1.42. The Morgan fingerprint density at radius 3 is 2.50 bits per heavy atom. The Morgan fingerprint density at radius 2 is 1.71 bits per heavy atom. The van der Waals surface area contributed by atoms with E-state index in [0.29, 0.717) is 23.4 Å². The Hall–Kier alpha value is -4.86. The highest BCUT2D eigenvalue weighted by atomic mass is 19.1. The zero-order chi connectivity index (χ0) is 26.4. The van der Waals surface area contributed by atoms with Gasteiger partial charge >= 0.3 is 0 Å². The summed E-state index contributed by atoms with van der Waals surface area (Å²) in [5.41, 5.74) is 1.47. The Morgan fingerprint density at radius 1 is 1.00 bits per heavy atom. The lowest BCUT2D eigenvalue weighted by Crippen LogP contribution is -2.42.